The molecule has 3 nitrogen and oxygen atoms in total. The molecule has 2 fully saturated rings. The van der Waals surface area contributed by atoms with Gasteiger partial charge in [-0.15, -0.1) is 0 Å². The summed E-state index contributed by atoms with van der Waals surface area (Å²) < 4.78 is 0. The fraction of sp³-hybridized carbons (Fsp3) is 0.562. The van der Waals surface area contributed by atoms with Gasteiger partial charge in [-0.05, 0) is 37.2 Å². The van der Waals surface area contributed by atoms with Crippen molar-refractivity contribution in [3.63, 3.8) is 0 Å². The van der Waals surface area contributed by atoms with E-state index in [9.17, 15) is 9.90 Å². The molecule has 1 atom stereocenters. The lowest BCUT2D eigenvalue weighted by Crippen LogP contribution is -2.57. The Hall–Kier alpha value is -1.00. The van der Waals surface area contributed by atoms with E-state index < -0.39 is 11.5 Å². The molecule has 1 aromatic carbocycles. The van der Waals surface area contributed by atoms with E-state index in [0.717, 1.165) is 31.4 Å². The van der Waals surface area contributed by atoms with Crippen molar-refractivity contribution in [1.29, 1.82) is 0 Å². The Morgan fingerprint density at radius 1 is 1.25 bits per heavy atom. The van der Waals surface area contributed by atoms with Crippen molar-refractivity contribution in [3.8, 4) is 0 Å². The van der Waals surface area contributed by atoms with Crippen LogP contribution in [-0.4, -0.2) is 28.4 Å². The first-order chi connectivity index (χ1) is 9.71. The van der Waals surface area contributed by atoms with Gasteiger partial charge in [-0.1, -0.05) is 30.3 Å². The Morgan fingerprint density at radius 3 is 2.50 bits per heavy atom. The molecular formula is C16H21NO2S. The summed E-state index contributed by atoms with van der Waals surface area (Å²) in [5.74, 6) is 1.21. The van der Waals surface area contributed by atoms with E-state index in [1.54, 1.807) is 11.8 Å². The Morgan fingerprint density at radius 2 is 1.95 bits per heavy atom. The summed E-state index contributed by atoms with van der Waals surface area (Å²) in [6.07, 6.45) is 4.37. The Kier molecular flexibility index (Phi) is 4.03. The third-order valence-electron chi connectivity index (χ3n) is 4.14. The highest BCUT2D eigenvalue weighted by Gasteiger charge is 2.52. The summed E-state index contributed by atoms with van der Waals surface area (Å²) in [5.41, 5.74) is 0.569. The highest BCUT2D eigenvalue weighted by Crippen LogP contribution is 2.43. The maximum absolute atomic E-state index is 11.8. The number of hydrogen-bond acceptors (Lipinski definition) is 3. The predicted molar refractivity (Wildman–Crippen MR) is 81.9 cm³/mol. The molecule has 108 valence electrons. The van der Waals surface area contributed by atoms with Gasteiger partial charge in [0, 0.05) is 17.5 Å². The molecule has 1 unspecified atom stereocenters. The van der Waals surface area contributed by atoms with Crippen molar-refractivity contribution in [3.05, 3.63) is 35.9 Å². The van der Waals surface area contributed by atoms with Crippen LogP contribution in [0.5, 0.6) is 0 Å². The lowest BCUT2D eigenvalue weighted by Gasteiger charge is -2.30. The molecule has 2 saturated carbocycles. The summed E-state index contributed by atoms with van der Waals surface area (Å²) in [6.45, 7) is 0. The molecule has 3 rings (SSSR count). The molecule has 2 N–H and O–H groups in total. The standard InChI is InChI=1S/C16H21NO2S/c18-15(19)16(13-6-7-13,17-14-8-9-14)11-20-10-12-4-2-1-3-5-12/h1-5,13-14,17H,6-11H2,(H,18,19). The summed E-state index contributed by atoms with van der Waals surface area (Å²) in [6, 6.07) is 10.7. The van der Waals surface area contributed by atoms with Gasteiger partial charge in [0.1, 0.15) is 5.54 Å². The van der Waals surface area contributed by atoms with Crippen LogP contribution in [-0.2, 0) is 10.5 Å². The van der Waals surface area contributed by atoms with Crippen LogP contribution in [0.1, 0.15) is 31.2 Å². The molecule has 0 bridgehead atoms. The van der Waals surface area contributed by atoms with E-state index in [1.165, 1.54) is 5.56 Å². The van der Waals surface area contributed by atoms with Gasteiger partial charge in [0.2, 0.25) is 0 Å². The molecule has 0 heterocycles. The second kappa shape index (κ2) is 5.78. The molecule has 1 aromatic rings. The number of aliphatic carboxylic acids is 1. The molecule has 0 saturated heterocycles. The zero-order chi connectivity index (χ0) is 14.0. The van der Waals surface area contributed by atoms with Crippen molar-refractivity contribution >= 4 is 17.7 Å². The first kappa shape index (κ1) is 14.0. The normalized spacial score (nSPS) is 21.4. The van der Waals surface area contributed by atoms with Crippen LogP contribution in [0.3, 0.4) is 0 Å². The van der Waals surface area contributed by atoms with E-state index in [0.29, 0.717) is 17.7 Å². The van der Waals surface area contributed by atoms with Gasteiger partial charge in [-0.25, -0.2) is 0 Å². The summed E-state index contributed by atoms with van der Waals surface area (Å²) in [4.78, 5) is 11.8. The lowest BCUT2D eigenvalue weighted by atomic mass is 9.95. The highest BCUT2D eigenvalue weighted by atomic mass is 32.2. The number of nitrogens with one attached hydrogen (secondary N) is 1. The molecule has 0 spiro atoms. The van der Waals surface area contributed by atoms with E-state index >= 15 is 0 Å². The minimum Gasteiger partial charge on any atom is -0.480 e. The third-order valence-corrected chi connectivity index (χ3v) is 5.33. The molecule has 2 aliphatic carbocycles. The number of rotatable bonds is 8. The summed E-state index contributed by atoms with van der Waals surface area (Å²) in [5, 5.41) is 13.2. The van der Waals surface area contributed by atoms with Crippen LogP contribution in [0, 0.1) is 5.92 Å². The maximum Gasteiger partial charge on any atom is 0.325 e. The van der Waals surface area contributed by atoms with Crippen LogP contribution in [0.25, 0.3) is 0 Å². The zero-order valence-electron chi connectivity index (χ0n) is 11.5. The zero-order valence-corrected chi connectivity index (χ0v) is 12.4. The highest BCUT2D eigenvalue weighted by molar-refractivity contribution is 7.98. The fourth-order valence-electron chi connectivity index (χ4n) is 2.65. The molecule has 0 radical (unpaired) electrons. The van der Waals surface area contributed by atoms with Crippen LogP contribution in [0.4, 0.5) is 0 Å². The van der Waals surface area contributed by atoms with Crippen LogP contribution in [0.2, 0.25) is 0 Å². The second-order valence-corrected chi connectivity index (χ2v) is 6.93. The minimum absolute atomic E-state index is 0.323. The van der Waals surface area contributed by atoms with E-state index in [2.05, 4.69) is 17.4 Å². The number of carbonyl (C=O) groups is 1. The minimum atomic E-state index is -0.694. The fourth-order valence-corrected chi connectivity index (χ4v) is 3.94. The van der Waals surface area contributed by atoms with Gasteiger partial charge in [-0.3, -0.25) is 10.1 Å². The SMILES string of the molecule is O=C(O)C(CSCc1ccccc1)(NC1CC1)C1CC1. The Labute approximate surface area is 124 Å². The Bertz CT molecular complexity index is 471. The van der Waals surface area contributed by atoms with E-state index in [1.807, 2.05) is 18.2 Å². The van der Waals surface area contributed by atoms with Gasteiger partial charge in [0.25, 0.3) is 0 Å². The van der Waals surface area contributed by atoms with E-state index in [4.69, 9.17) is 0 Å². The van der Waals surface area contributed by atoms with Crippen molar-refractivity contribution < 1.29 is 9.90 Å². The first-order valence-corrected chi connectivity index (χ1v) is 8.49. The first-order valence-electron chi connectivity index (χ1n) is 7.33. The lowest BCUT2D eigenvalue weighted by molar-refractivity contribution is -0.145. The van der Waals surface area contributed by atoms with Crippen LogP contribution in [0.15, 0.2) is 30.3 Å². The second-order valence-electron chi connectivity index (χ2n) is 5.95. The molecule has 4 heteroatoms. The number of thioether (sulfide) groups is 1. The number of benzene rings is 1. The smallest absolute Gasteiger partial charge is 0.325 e. The van der Waals surface area contributed by atoms with Gasteiger partial charge in [0.15, 0.2) is 0 Å². The van der Waals surface area contributed by atoms with Gasteiger partial charge in [0.05, 0.1) is 0 Å². The van der Waals surface area contributed by atoms with Crippen LogP contribution >= 0.6 is 11.8 Å². The third kappa shape index (κ3) is 3.18. The van der Waals surface area contributed by atoms with Crippen LogP contribution < -0.4 is 5.32 Å². The molecule has 0 aromatic heterocycles. The van der Waals surface area contributed by atoms with Gasteiger partial charge >= 0.3 is 5.97 Å². The largest absolute Gasteiger partial charge is 0.480 e. The average Bonchev–Trinajstić information content (AvgIpc) is 3.31. The quantitative estimate of drug-likeness (QED) is 0.773. The summed E-state index contributed by atoms with van der Waals surface area (Å²) >= 11 is 1.74. The maximum atomic E-state index is 11.8. The molecular weight excluding hydrogens is 270 g/mol. The molecule has 2 aliphatic rings. The van der Waals surface area contributed by atoms with Crippen molar-refractivity contribution in [1.82, 2.24) is 5.32 Å². The topological polar surface area (TPSA) is 49.3 Å². The van der Waals surface area contributed by atoms with Gasteiger partial charge < -0.3 is 5.11 Å². The molecule has 20 heavy (non-hydrogen) atoms. The van der Waals surface area contributed by atoms with Crippen molar-refractivity contribution in [2.45, 2.75) is 43.0 Å². The summed E-state index contributed by atoms with van der Waals surface area (Å²) in [7, 11) is 0. The number of hydrogen-bond donors (Lipinski definition) is 2. The number of carboxylic acids is 1. The monoisotopic (exact) mass is 291 g/mol. The van der Waals surface area contributed by atoms with Gasteiger partial charge in [-0.2, -0.15) is 11.8 Å². The Balaban J connectivity index is 1.62. The average molecular weight is 291 g/mol. The van der Waals surface area contributed by atoms with Crippen molar-refractivity contribution in [2.24, 2.45) is 5.92 Å². The molecule has 0 amide bonds. The van der Waals surface area contributed by atoms with Crippen molar-refractivity contribution in [2.75, 3.05) is 5.75 Å². The molecule has 0 aliphatic heterocycles. The predicted octanol–water partition coefficient (Wildman–Crippen LogP) is 2.91. The van der Waals surface area contributed by atoms with E-state index in [-0.39, 0.29) is 0 Å². The number of carboxylic acid groups (broad SMARTS) is 1.